The van der Waals surface area contributed by atoms with E-state index in [0.717, 1.165) is 11.0 Å². The van der Waals surface area contributed by atoms with Gasteiger partial charge in [0.05, 0.1) is 12.4 Å². The van der Waals surface area contributed by atoms with Crippen molar-refractivity contribution in [1.82, 2.24) is 39.0 Å². The Labute approximate surface area is 129 Å². The number of nitrogens with zero attached hydrogens (tertiary/aromatic N) is 9. The molecule has 1 N–H and O–H groups in total. The van der Waals surface area contributed by atoms with Crippen LogP contribution >= 0.6 is 0 Å². The number of aromatic nitrogens is 8. The molecule has 0 spiro atoms. The van der Waals surface area contributed by atoms with E-state index in [1.165, 1.54) is 12.7 Å². The lowest BCUT2D eigenvalue weighted by Crippen LogP contribution is -2.15. The zero-order valence-electron chi connectivity index (χ0n) is 12.3. The number of rotatable bonds is 2. The van der Waals surface area contributed by atoms with Crippen molar-refractivity contribution >= 4 is 28.0 Å². The smallest absolute Gasteiger partial charge is 0.188 e. The van der Waals surface area contributed by atoms with Crippen molar-refractivity contribution in [1.29, 1.82) is 0 Å². The number of fused-ring (bicyclic) bond motifs is 2. The van der Waals surface area contributed by atoms with Crippen LogP contribution in [0.15, 0.2) is 30.2 Å². The number of hydrogen-bond acceptors (Lipinski definition) is 8. The Kier molecular flexibility index (Phi) is 2.76. The van der Waals surface area contributed by atoms with E-state index in [1.807, 2.05) is 0 Å². The molecular weight excluding hydrogens is 298 g/mol. The highest BCUT2D eigenvalue weighted by molar-refractivity contribution is 6.10. The van der Waals surface area contributed by atoms with Gasteiger partial charge in [0.25, 0.3) is 0 Å². The molecule has 0 bridgehead atoms. The van der Waals surface area contributed by atoms with Gasteiger partial charge in [-0.2, -0.15) is 0 Å². The van der Waals surface area contributed by atoms with Crippen molar-refractivity contribution in [3.8, 4) is 0 Å². The molecule has 0 amide bonds. The molecule has 10 heteroatoms. The van der Waals surface area contributed by atoms with E-state index in [9.17, 15) is 5.21 Å². The topological polar surface area (TPSA) is 120 Å². The number of hydrogen-bond donors (Lipinski definition) is 1. The van der Waals surface area contributed by atoms with Crippen LogP contribution in [0.1, 0.15) is 11.6 Å². The standard InChI is InChI=1S/C13H11N9O/c1-21-7-3-14-5-16-10(7)18-12(21)9(20-23)13-19-11-8(22(13)2)4-15-6-17-11/h3-6,23H,1-2H3. The van der Waals surface area contributed by atoms with Crippen molar-refractivity contribution in [2.75, 3.05) is 0 Å². The number of imidazole rings is 2. The van der Waals surface area contributed by atoms with Crippen LogP contribution in [0.25, 0.3) is 22.3 Å². The Balaban J connectivity index is 1.97. The van der Waals surface area contributed by atoms with Gasteiger partial charge in [-0.25, -0.2) is 29.9 Å². The third-order valence-electron chi connectivity index (χ3n) is 3.65. The van der Waals surface area contributed by atoms with Gasteiger partial charge in [0.2, 0.25) is 0 Å². The van der Waals surface area contributed by atoms with Crippen LogP contribution in [0.4, 0.5) is 0 Å². The highest BCUT2D eigenvalue weighted by Gasteiger charge is 2.22. The van der Waals surface area contributed by atoms with Crippen LogP contribution in [-0.4, -0.2) is 50.0 Å². The summed E-state index contributed by atoms with van der Waals surface area (Å²) in [6, 6.07) is 0. The highest BCUT2D eigenvalue weighted by atomic mass is 16.4. The number of oxime groups is 1. The second kappa shape index (κ2) is 4.80. The summed E-state index contributed by atoms with van der Waals surface area (Å²) < 4.78 is 3.49. The van der Waals surface area contributed by atoms with Gasteiger partial charge in [0.1, 0.15) is 23.7 Å². The molecule has 4 heterocycles. The van der Waals surface area contributed by atoms with Gasteiger partial charge in [-0.1, -0.05) is 5.16 Å². The first kappa shape index (κ1) is 13.2. The summed E-state index contributed by atoms with van der Waals surface area (Å²) in [6.45, 7) is 0. The van der Waals surface area contributed by atoms with Gasteiger partial charge in [0.15, 0.2) is 28.7 Å². The van der Waals surface area contributed by atoms with Crippen molar-refractivity contribution in [2.24, 2.45) is 19.3 Å². The van der Waals surface area contributed by atoms with E-state index in [1.54, 1.807) is 35.6 Å². The third kappa shape index (κ3) is 1.84. The predicted molar refractivity (Wildman–Crippen MR) is 80.0 cm³/mol. The lowest BCUT2D eigenvalue weighted by molar-refractivity contribution is 0.318. The Morgan fingerprint density at radius 1 is 0.913 bits per heavy atom. The molecule has 0 aromatic carbocycles. The first-order valence-corrected chi connectivity index (χ1v) is 6.68. The minimum absolute atomic E-state index is 0.214. The SMILES string of the molecule is Cn1c(C(=NO)c2nc3ncncc3n2C)nc2ncncc21. The fourth-order valence-corrected chi connectivity index (χ4v) is 2.47. The Morgan fingerprint density at radius 3 is 1.78 bits per heavy atom. The molecule has 0 radical (unpaired) electrons. The molecule has 0 atom stereocenters. The Bertz CT molecular complexity index is 980. The maximum absolute atomic E-state index is 9.54. The maximum atomic E-state index is 9.54. The molecule has 114 valence electrons. The van der Waals surface area contributed by atoms with Gasteiger partial charge < -0.3 is 14.3 Å². The van der Waals surface area contributed by atoms with Gasteiger partial charge in [-0.15, -0.1) is 0 Å². The number of aryl methyl sites for hydroxylation is 2. The van der Waals surface area contributed by atoms with E-state index >= 15 is 0 Å². The molecule has 10 nitrogen and oxygen atoms in total. The molecule has 0 fully saturated rings. The maximum Gasteiger partial charge on any atom is 0.188 e. The van der Waals surface area contributed by atoms with Crippen LogP contribution in [-0.2, 0) is 14.1 Å². The van der Waals surface area contributed by atoms with Crippen LogP contribution in [0.5, 0.6) is 0 Å². The van der Waals surface area contributed by atoms with Crippen LogP contribution < -0.4 is 0 Å². The molecule has 4 aromatic heterocycles. The van der Waals surface area contributed by atoms with E-state index in [0.29, 0.717) is 22.9 Å². The summed E-state index contributed by atoms with van der Waals surface area (Å²) >= 11 is 0. The fraction of sp³-hybridized carbons (Fsp3) is 0.154. The monoisotopic (exact) mass is 309 g/mol. The Hall–Kier alpha value is -3.43. The molecule has 0 saturated carbocycles. The minimum Gasteiger partial charge on any atom is -0.410 e. The molecule has 0 saturated heterocycles. The molecule has 0 unspecified atom stereocenters. The summed E-state index contributed by atoms with van der Waals surface area (Å²) in [7, 11) is 3.59. The van der Waals surface area contributed by atoms with Gasteiger partial charge in [-0.3, -0.25) is 0 Å². The van der Waals surface area contributed by atoms with Gasteiger partial charge in [-0.05, 0) is 0 Å². The molecule has 0 aliphatic heterocycles. The molecule has 0 aliphatic rings. The predicted octanol–water partition coefficient (Wildman–Crippen LogP) is 0.267. The average molecular weight is 309 g/mol. The van der Waals surface area contributed by atoms with Gasteiger partial charge in [0, 0.05) is 14.1 Å². The van der Waals surface area contributed by atoms with E-state index in [4.69, 9.17) is 0 Å². The van der Waals surface area contributed by atoms with Crippen molar-refractivity contribution in [2.45, 2.75) is 0 Å². The summed E-state index contributed by atoms with van der Waals surface area (Å²) in [6.07, 6.45) is 6.13. The molecule has 0 aliphatic carbocycles. The lowest BCUT2D eigenvalue weighted by atomic mass is 10.3. The van der Waals surface area contributed by atoms with Crippen molar-refractivity contribution in [3.63, 3.8) is 0 Å². The lowest BCUT2D eigenvalue weighted by Gasteiger charge is -2.04. The van der Waals surface area contributed by atoms with Crippen LogP contribution in [0.2, 0.25) is 0 Å². The normalized spacial score (nSPS) is 11.2. The first-order valence-electron chi connectivity index (χ1n) is 6.68. The second-order valence-electron chi connectivity index (χ2n) is 4.90. The summed E-state index contributed by atoms with van der Waals surface area (Å²) in [5, 5.41) is 12.9. The fourth-order valence-electron chi connectivity index (χ4n) is 2.47. The third-order valence-corrected chi connectivity index (χ3v) is 3.65. The molecular formula is C13H11N9O. The highest BCUT2D eigenvalue weighted by Crippen LogP contribution is 2.17. The molecule has 23 heavy (non-hydrogen) atoms. The van der Waals surface area contributed by atoms with Crippen LogP contribution in [0.3, 0.4) is 0 Å². The van der Waals surface area contributed by atoms with Crippen LogP contribution in [0, 0.1) is 0 Å². The summed E-state index contributed by atoms with van der Waals surface area (Å²) in [5.74, 6) is 0.851. The largest absolute Gasteiger partial charge is 0.410 e. The second-order valence-corrected chi connectivity index (χ2v) is 4.90. The summed E-state index contributed by atoms with van der Waals surface area (Å²) in [5.41, 5.74) is 2.69. The van der Waals surface area contributed by atoms with E-state index < -0.39 is 0 Å². The average Bonchev–Trinajstić information content (AvgIpc) is 3.08. The van der Waals surface area contributed by atoms with E-state index in [-0.39, 0.29) is 5.71 Å². The van der Waals surface area contributed by atoms with Gasteiger partial charge >= 0.3 is 0 Å². The first-order chi connectivity index (χ1) is 11.2. The zero-order valence-corrected chi connectivity index (χ0v) is 12.3. The van der Waals surface area contributed by atoms with E-state index in [2.05, 4.69) is 35.1 Å². The Morgan fingerprint density at radius 2 is 1.39 bits per heavy atom. The van der Waals surface area contributed by atoms with Crippen molar-refractivity contribution in [3.05, 3.63) is 36.7 Å². The quantitative estimate of drug-likeness (QED) is 0.320. The molecule has 4 aromatic rings. The zero-order chi connectivity index (χ0) is 16.0. The minimum atomic E-state index is 0.214. The van der Waals surface area contributed by atoms with Crippen molar-refractivity contribution < 1.29 is 5.21 Å². The summed E-state index contributed by atoms with van der Waals surface area (Å²) in [4.78, 5) is 25.0. The molecule has 4 rings (SSSR count).